The van der Waals surface area contributed by atoms with Gasteiger partial charge in [-0.2, -0.15) is 0 Å². The number of benzene rings is 1. The van der Waals surface area contributed by atoms with Gasteiger partial charge in [-0.25, -0.2) is 4.39 Å². The van der Waals surface area contributed by atoms with E-state index in [0.717, 1.165) is 12.8 Å². The first-order valence-electron chi connectivity index (χ1n) is 6.35. The van der Waals surface area contributed by atoms with Crippen molar-refractivity contribution in [1.29, 1.82) is 0 Å². The summed E-state index contributed by atoms with van der Waals surface area (Å²) in [4.78, 5) is 11.9. The Morgan fingerprint density at radius 1 is 1.58 bits per heavy atom. The van der Waals surface area contributed by atoms with Crippen LogP contribution in [-0.4, -0.2) is 23.7 Å². The van der Waals surface area contributed by atoms with Gasteiger partial charge in [-0.1, -0.05) is 25.2 Å². The molecule has 19 heavy (non-hydrogen) atoms. The van der Waals surface area contributed by atoms with E-state index in [2.05, 4.69) is 24.1 Å². The van der Waals surface area contributed by atoms with E-state index in [-0.39, 0.29) is 24.1 Å². The molecule has 0 radical (unpaired) electrons. The molecule has 1 fully saturated rings. The molecule has 1 amide bonds. The fraction of sp³-hybridized carbons (Fsp3) is 0.400. The number of carbonyl (C=O) groups excluding carboxylic acids is 1. The van der Waals surface area contributed by atoms with Gasteiger partial charge in [0.25, 0.3) is 5.91 Å². The van der Waals surface area contributed by atoms with E-state index < -0.39 is 5.82 Å². The minimum absolute atomic E-state index is 0.184. The Morgan fingerprint density at radius 2 is 2.37 bits per heavy atom. The summed E-state index contributed by atoms with van der Waals surface area (Å²) in [6.07, 6.45) is 2.06. The SMILES string of the molecule is CCC1CC1NC(=O)c1ccc(C#CCO)c(F)c1. The molecule has 0 aliphatic heterocycles. The molecular formula is C15H16FNO2. The molecule has 1 aliphatic rings. The van der Waals surface area contributed by atoms with E-state index in [4.69, 9.17) is 5.11 Å². The van der Waals surface area contributed by atoms with Crippen LogP contribution in [0.3, 0.4) is 0 Å². The van der Waals surface area contributed by atoms with Gasteiger partial charge in [-0.05, 0) is 30.5 Å². The maximum Gasteiger partial charge on any atom is 0.251 e. The first kappa shape index (κ1) is 13.6. The highest BCUT2D eigenvalue weighted by Gasteiger charge is 2.36. The minimum Gasteiger partial charge on any atom is -0.384 e. The molecule has 1 aliphatic carbocycles. The van der Waals surface area contributed by atoms with Crippen molar-refractivity contribution >= 4 is 5.91 Å². The van der Waals surface area contributed by atoms with Crippen molar-refractivity contribution in [3.05, 3.63) is 35.1 Å². The molecule has 4 heteroatoms. The Bertz CT molecular complexity index is 545. The zero-order valence-electron chi connectivity index (χ0n) is 10.7. The van der Waals surface area contributed by atoms with Gasteiger partial charge in [0.2, 0.25) is 0 Å². The second kappa shape index (κ2) is 5.85. The molecular weight excluding hydrogens is 245 g/mol. The monoisotopic (exact) mass is 261 g/mol. The number of carbonyl (C=O) groups is 1. The van der Waals surface area contributed by atoms with Crippen molar-refractivity contribution in [2.75, 3.05) is 6.61 Å². The fourth-order valence-electron chi connectivity index (χ4n) is 2.02. The highest BCUT2D eigenvalue weighted by molar-refractivity contribution is 5.94. The van der Waals surface area contributed by atoms with Crippen LogP contribution in [0.25, 0.3) is 0 Å². The molecule has 1 aromatic carbocycles. The van der Waals surface area contributed by atoms with Crippen LogP contribution >= 0.6 is 0 Å². The number of aliphatic hydroxyl groups excluding tert-OH is 1. The van der Waals surface area contributed by atoms with Gasteiger partial charge in [-0.15, -0.1) is 0 Å². The van der Waals surface area contributed by atoms with Crippen molar-refractivity contribution in [2.45, 2.75) is 25.8 Å². The summed E-state index contributed by atoms with van der Waals surface area (Å²) >= 11 is 0. The average molecular weight is 261 g/mol. The molecule has 2 rings (SSSR count). The first-order chi connectivity index (χ1) is 9.15. The topological polar surface area (TPSA) is 49.3 Å². The lowest BCUT2D eigenvalue weighted by atomic mass is 10.1. The van der Waals surface area contributed by atoms with Gasteiger partial charge >= 0.3 is 0 Å². The lowest BCUT2D eigenvalue weighted by Gasteiger charge is -2.05. The lowest BCUT2D eigenvalue weighted by molar-refractivity contribution is 0.0948. The number of amides is 1. The van der Waals surface area contributed by atoms with Crippen molar-refractivity contribution in [3.63, 3.8) is 0 Å². The molecule has 0 heterocycles. The van der Waals surface area contributed by atoms with E-state index in [0.29, 0.717) is 11.5 Å². The van der Waals surface area contributed by atoms with E-state index in [9.17, 15) is 9.18 Å². The lowest BCUT2D eigenvalue weighted by Crippen LogP contribution is -2.26. The number of nitrogens with one attached hydrogen (secondary N) is 1. The van der Waals surface area contributed by atoms with E-state index in [1.165, 1.54) is 12.1 Å². The van der Waals surface area contributed by atoms with Crippen LogP contribution in [-0.2, 0) is 0 Å². The Balaban J connectivity index is 2.05. The average Bonchev–Trinajstić information content (AvgIpc) is 3.15. The number of rotatable bonds is 3. The van der Waals surface area contributed by atoms with Crippen LogP contribution in [0, 0.1) is 23.6 Å². The van der Waals surface area contributed by atoms with Gasteiger partial charge in [0.05, 0.1) is 5.56 Å². The van der Waals surface area contributed by atoms with Crippen molar-refractivity contribution in [2.24, 2.45) is 5.92 Å². The Morgan fingerprint density at radius 3 is 2.95 bits per heavy atom. The Labute approximate surface area is 111 Å². The zero-order chi connectivity index (χ0) is 13.8. The summed E-state index contributed by atoms with van der Waals surface area (Å²) in [5.41, 5.74) is 0.484. The molecule has 1 saturated carbocycles. The Hall–Kier alpha value is -1.86. The fourth-order valence-corrected chi connectivity index (χ4v) is 2.02. The highest BCUT2D eigenvalue weighted by atomic mass is 19.1. The second-order valence-corrected chi connectivity index (χ2v) is 4.64. The number of halogens is 1. The third-order valence-electron chi connectivity index (χ3n) is 3.30. The molecule has 2 atom stereocenters. The zero-order valence-corrected chi connectivity index (χ0v) is 10.7. The Kier molecular flexibility index (Phi) is 4.18. The van der Waals surface area contributed by atoms with Crippen LogP contribution in [0.1, 0.15) is 35.7 Å². The molecule has 0 aromatic heterocycles. The summed E-state index contributed by atoms with van der Waals surface area (Å²) in [7, 11) is 0. The van der Waals surface area contributed by atoms with Crippen LogP contribution in [0.2, 0.25) is 0 Å². The van der Waals surface area contributed by atoms with Crippen LogP contribution in [0.4, 0.5) is 4.39 Å². The van der Waals surface area contributed by atoms with Crippen molar-refractivity contribution in [1.82, 2.24) is 5.32 Å². The van der Waals surface area contributed by atoms with Gasteiger partial charge in [0.1, 0.15) is 12.4 Å². The van der Waals surface area contributed by atoms with Crippen molar-refractivity contribution < 1.29 is 14.3 Å². The highest BCUT2D eigenvalue weighted by Crippen LogP contribution is 2.33. The predicted molar refractivity (Wildman–Crippen MR) is 70.0 cm³/mol. The quantitative estimate of drug-likeness (QED) is 0.814. The standard InChI is InChI=1S/C15H16FNO2/c1-2-10-9-14(10)17-15(19)12-6-5-11(4-3-7-18)13(16)8-12/h5-6,8,10,14,18H,2,7,9H2,1H3,(H,17,19). The van der Waals surface area contributed by atoms with E-state index >= 15 is 0 Å². The van der Waals surface area contributed by atoms with E-state index in [1.54, 1.807) is 6.07 Å². The largest absolute Gasteiger partial charge is 0.384 e. The molecule has 2 unspecified atom stereocenters. The van der Waals surface area contributed by atoms with Gasteiger partial charge < -0.3 is 10.4 Å². The number of hydrogen-bond acceptors (Lipinski definition) is 2. The molecule has 0 bridgehead atoms. The first-order valence-corrected chi connectivity index (χ1v) is 6.35. The third kappa shape index (κ3) is 3.33. The molecule has 3 nitrogen and oxygen atoms in total. The molecule has 100 valence electrons. The summed E-state index contributed by atoms with van der Waals surface area (Å²) < 4.78 is 13.7. The smallest absolute Gasteiger partial charge is 0.251 e. The van der Waals surface area contributed by atoms with E-state index in [1.807, 2.05) is 0 Å². The molecule has 1 aromatic rings. The minimum atomic E-state index is -0.545. The van der Waals surface area contributed by atoms with Crippen LogP contribution < -0.4 is 5.32 Å². The second-order valence-electron chi connectivity index (χ2n) is 4.64. The molecule has 2 N–H and O–H groups in total. The van der Waals surface area contributed by atoms with Crippen LogP contribution in [0.5, 0.6) is 0 Å². The molecule has 0 spiro atoms. The van der Waals surface area contributed by atoms with Gasteiger partial charge in [0, 0.05) is 11.6 Å². The summed E-state index contributed by atoms with van der Waals surface area (Å²) in [5, 5.41) is 11.4. The third-order valence-corrected chi connectivity index (χ3v) is 3.30. The normalized spacial score (nSPS) is 20.4. The summed E-state index contributed by atoms with van der Waals surface area (Å²) in [6.45, 7) is 1.77. The van der Waals surface area contributed by atoms with Crippen molar-refractivity contribution in [3.8, 4) is 11.8 Å². The summed E-state index contributed by atoms with van der Waals surface area (Å²) in [6, 6.07) is 4.41. The summed E-state index contributed by atoms with van der Waals surface area (Å²) in [5.74, 6) is 4.63. The maximum atomic E-state index is 13.7. The van der Waals surface area contributed by atoms with Gasteiger partial charge in [0.15, 0.2) is 0 Å². The number of aliphatic hydroxyl groups is 1. The maximum absolute atomic E-state index is 13.7. The molecule has 0 saturated heterocycles. The predicted octanol–water partition coefficient (Wildman–Crippen LogP) is 1.70. The van der Waals surface area contributed by atoms with Crippen LogP contribution in [0.15, 0.2) is 18.2 Å². The number of hydrogen-bond donors (Lipinski definition) is 2. The van der Waals surface area contributed by atoms with Gasteiger partial charge in [-0.3, -0.25) is 4.79 Å².